The van der Waals surface area contributed by atoms with Gasteiger partial charge >= 0.3 is 0 Å². The van der Waals surface area contributed by atoms with Crippen molar-refractivity contribution in [1.29, 1.82) is 0 Å². The molecule has 0 radical (unpaired) electrons. The first kappa shape index (κ1) is 15.7. The van der Waals surface area contributed by atoms with Crippen molar-refractivity contribution in [2.75, 3.05) is 27.2 Å². The van der Waals surface area contributed by atoms with E-state index in [0.717, 1.165) is 25.1 Å². The van der Waals surface area contributed by atoms with E-state index in [9.17, 15) is 4.79 Å². The minimum atomic E-state index is -0.788. The SMILES string of the molecule is CCCN(C)CCC(NC)(C(N)=O)c1ccccc1. The number of nitrogens with one attached hydrogen (secondary N) is 1. The number of nitrogens with two attached hydrogens (primary N) is 1. The molecule has 0 aromatic heterocycles. The molecule has 0 saturated heterocycles. The molecule has 0 fully saturated rings. The molecule has 0 aliphatic carbocycles. The first-order chi connectivity index (χ1) is 9.06. The number of benzene rings is 1. The topological polar surface area (TPSA) is 58.4 Å². The van der Waals surface area contributed by atoms with Crippen LogP contribution in [0.2, 0.25) is 0 Å². The summed E-state index contributed by atoms with van der Waals surface area (Å²) < 4.78 is 0. The van der Waals surface area contributed by atoms with E-state index >= 15 is 0 Å². The molecule has 1 amide bonds. The molecule has 1 unspecified atom stereocenters. The normalized spacial score (nSPS) is 14.3. The van der Waals surface area contributed by atoms with Gasteiger partial charge in [-0.1, -0.05) is 37.3 Å². The van der Waals surface area contributed by atoms with Crippen LogP contribution in [0.3, 0.4) is 0 Å². The molecular weight excluding hydrogens is 238 g/mol. The van der Waals surface area contributed by atoms with Crippen LogP contribution in [-0.4, -0.2) is 38.0 Å². The van der Waals surface area contributed by atoms with Crippen LogP contribution in [0.1, 0.15) is 25.3 Å². The lowest BCUT2D eigenvalue weighted by Crippen LogP contribution is -2.52. The van der Waals surface area contributed by atoms with Crippen molar-refractivity contribution in [2.45, 2.75) is 25.3 Å². The second kappa shape index (κ2) is 7.26. The first-order valence-corrected chi connectivity index (χ1v) is 6.79. The van der Waals surface area contributed by atoms with Gasteiger partial charge < -0.3 is 16.0 Å². The zero-order valence-corrected chi connectivity index (χ0v) is 12.1. The van der Waals surface area contributed by atoms with Crippen LogP contribution in [0.4, 0.5) is 0 Å². The fourth-order valence-electron chi connectivity index (χ4n) is 2.38. The third kappa shape index (κ3) is 3.78. The number of amides is 1. The van der Waals surface area contributed by atoms with Crippen molar-refractivity contribution in [2.24, 2.45) is 5.73 Å². The summed E-state index contributed by atoms with van der Waals surface area (Å²) in [6.07, 6.45) is 1.77. The molecule has 1 aromatic rings. The van der Waals surface area contributed by atoms with Crippen molar-refractivity contribution in [3.8, 4) is 0 Å². The number of primary amides is 1. The number of likely N-dealkylation sites (N-methyl/N-ethyl adjacent to an activating group) is 1. The summed E-state index contributed by atoms with van der Waals surface area (Å²) in [5, 5.41) is 3.13. The molecule has 1 aromatic carbocycles. The van der Waals surface area contributed by atoms with Gasteiger partial charge in [-0.2, -0.15) is 0 Å². The van der Waals surface area contributed by atoms with Gasteiger partial charge in [0.1, 0.15) is 5.54 Å². The third-order valence-electron chi connectivity index (χ3n) is 3.59. The van der Waals surface area contributed by atoms with E-state index < -0.39 is 5.54 Å². The van der Waals surface area contributed by atoms with E-state index in [1.54, 1.807) is 7.05 Å². The van der Waals surface area contributed by atoms with Gasteiger partial charge in [0, 0.05) is 6.54 Å². The average molecular weight is 263 g/mol. The van der Waals surface area contributed by atoms with Gasteiger partial charge in [0.2, 0.25) is 5.91 Å². The molecule has 19 heavy (non-hydrogen) atoms. The Bertz CT molecular complexity index is 394. The summed E-state index contributed by atoms with van der Waals surface area (Å²) in [5.74, 6) is -0.328. The number of carbonyl (C=O) groups is 1. The lowest BCUT2D eigenvalue weighted by molar-refractivity contribution is -0.125. The predicted molar refractivity (Wildman–Crippen MR) is 78.8 cm³/mol. The largest absolute Gasteiger partial charge is 0.368 e. The van der Waals surface area contributed by atoms with Crippen LogP contribution < -0.4 is 11.1 Å². The molecule has 0 aliphatic heterocycles. The molecule has 4 nitrogen and oxygen atoms in total. The van der Waals surface area contributed by atoms with Crippen molar-refractivity contribution < 1.29 is 4.79 Å². The maximum absolute atomic E-state index is 12.0. The van der Waals surface area contributed by atoms with Gasteiger partial charge in [0.05, 0.1) is 0 Å². The highest BCUT2D eigenvalue weighted by Gasteiger charge is 2.36. The van der Waals surface area contributed by atoms with E-state index in [-0.39, 0.29) is 5.91 Å². The van der Waals surface area contributed by atoms with Gasteiger partial charge in [0.25, 0.3) is 0 Å². The van der Waals surface area contributed by atoms with Crippen LogP contribution >= 0.6 is 0 Å². The summed E-state index contributed by atoms with van der Waals surface area (Å²) in [7, 11) is 3.85. The smallest absolute Gasteiger partial charge is 0.242 e. The lowest BCUT2D eigenvalue weighted by atomic mass is 9.85. The van der Waals surface area contributed by atoms with Gasteiger partial charge in [-0.3, -0.25) is 4.79 Å². The Balaban J connectivity index is 2.91. The molecule has 106 valence electrons. The summed E-state index contributed by atoms with van der Waals surface area (Å²) in [4.78, 5) is 14.2. The molecule has 4 heteroatoms. The second-order valence-electron chi connectivity index (χ2n) is 4.94. The highest BCUT2D eigenvalue weighted by molar-refractivity contribution is 5.86. The molecule has 0 aliphatic rings. The van der Waals surface area contributed by atoms with Gasteiger partial charge in [-0.05, 0) is 39.0 Å². The summed E-state index contributed by atoms with van der Waals surface area (Å²) in [6, 6.07) is 9.69. The van der Waals surface area contributed by atoms with E-state index in [1.807, 2.05) is 30.3 Å². The lowest BCUT2D eigenvalue weighted by Gasteiger charge is -2.32. The highest BCUT2D eigenvalue weighted by atomic mass is 16.1. The van der Waals surface area contributed by atoms with Crippen molar-refractivity contribution in [1.82, 2.24) is 10.2 Å². The second-order valence-corrected chi connectivity index (χ2v) is 4.94. The molecule has 0 heterocycles. The standard InChI is InChI=1S/C15H25N3O/c1-4-11-18(3)12-10-15(17-2,14(16)19)13-8-6-5-7-9-13/h5-9,17H,4,10-12H2,1-3H3,(H2,16,19). The first-order valence-electron chi connectivity index (χ1n) is 6.79. The Morgan fingerprint density at radius 3 is 2.42 bits per heavy atom. The minimum Gasteiger partial charge on any atom is -0.368 e. The zero-order chi connectivity index (χ0) is 14.3. The Morgan fingerprint density at radius 1 is 1.32 bits per heavy atom. The van der Waals surface area contributed by atoms with E-state index in [0.29, 0.717) is 6.42 Å². The number of carbonyl (C=O) groups excluding carboxylic acids is 1. The fourth-order valence-corrected chi connectivity index (χ4v) is 2.38. The Morgan fingerprint density at radius 2 is 1.95 bits per heavy atom. The molecule has 1 rings (SSSR count). The Hall–Kier alpha value is -1.39. The van der Waals surface area contributed by atoms with Crippen LogP contribution in [0.5, 0.6) is 0 Å². The van der Waals surface area contributed by atoms with Crippen LogP contribution in [-0.2, 0) is 10.3 Å². The zero-order valence-electron chi connectivity index (χ0n) is 12.1. The number of hydrogen-bond donors (Lipinski definition) is 2. The molecule has 0 spiro atoms. The van der Waals surface area contributed by atoms with Gasteiger partial charge in [0.15, 0.2) is 0 Å². The predicted octanol–water partition coefficient (Wildman–Crippen LogP) is 1.32. The Labute approximate surface area is 116 Å². The third-order valence-corrected chi connectivity index (χ3v) is 3.59. The van der Waals surface area contributed by atoms with E-state index in [2.05, 4.69) is 24.2 Å². The highest BCUT2D eigenvalue weighted by Crippen LogP contribution is 2.24. The molecule has 3 N–H and O–H groups in total. The van der Waals surface area contributed by atoms with Gasteiger partial charge in [-0.25, -0.2) is 0 Å². The van der Waals surface area contributed by atoms with Gasteiger partial charge in [-0.15, -0.1) is 0 Å². The Kier molecular flexibility index (Phi) is 5.99. The fraction of sp³-hybridized carbons (Fsp3) is 0.533. The van der Waals surface area contributed by atoms with Crippen LogP contribution in [0.25, 0.3) is 0 Å². The summed E-state index contributed by atoms with van der Waals surface area (Å²) >= 11 is 0. The maximum Gasteiger partial charge on any atom is 0.242 e. The molecule has 0 bridgehead atoms. The summed E-state index contributed by atoms with van der Waals surface area (Å²) in [6.45, 7) is 3.99. The van der Waals surface area contributed by atoms with Crippen LogP contribution in [0, 0.1) is 0 Å². The molecule has 0 saturated carbocycles. The minimum absolute atomic E-state index is 0.328. The molecular formula is C15H25N3O. The maximum atomic E-state index is 12.0. The number of nitrogens with zero attached hydrogens (tertiary/aromatic N) is 1. The van der Waals surface area contributed by atoms with Crippen molar-refractivity contribution in [3.63, 3.8) is 0 Å². The monoisotopic (exact) mass is 263 g/mol. The van der Waals surface area contributed by atoms with E-state index in [1.165, 1.54) is 0 Å². The number of hydrogen-bond acceptors (Lipinski definition) is 3. The van der Waals surface area contributed by atoms with Crippen molar-refractivity contribution >= 4 is 5.91 Å². The van der Waals surface area contributed by atoms with Crippen molar-refractivity contribution in [3.05, 3.63) is 35.9 Å². The molecule has 1 atom stereocenters. The van der Waals surface area contributed by atoms with Crippen LogP contribution in [0.15, 0.2) is 30.3 Å². The quantitative estimate of drug-likeness (QED) is 0.743. The number of rotatable bonds is 8. The average Bonchev–Trinajstić information content (AvgIpc) is 2.41. The van der Waals surface area contributed by atoms with E-state index in [4.69, 9.17) is 5.73 Å². The summed E-state index contributed by atoms with van der Waals surface area (Å²) in [5.41, 5.74) is 5.79.